The highest BCUT2D eigenvalue weighted by Gasteiger charge is 2.23. The highest BCUT2D eigenvalue weighted by molar-refractivity contribution is 5.91. The number of esters is 1. The lowest BCUT2D eigenvalue weighted by Gasteiger charge is -2.31. The third kappa shape index (κ3) is 8.27. The minimum absolute atomic E-state index is 0.393. The number of carbonyl (C=O) groups excluding carboxylic acids is 1. The van der Waals surface area contributed by atoms with Crippen LogP contribution < -0.4 is 14.2 Å². The van der Waals surface area contributed by atoms with Gasteiger partial charge >= 0.3 is 5.97 Å². The quantitative estimate of drug-likeness (QED) is 0.136. The zero-order chi connectivity index (χ0) is 23.3. The number of carbonyl (C=O) groups is 1. The molecule has 2 unspecified atom stereocenters. The molecular weight excluding hydrogens is 412 g/mol. The van der Waals surface area contributed by atoms with Crippen LogP contribution in [0.1, 0.15) is 75.1 Å². The molecule has 33 heavy (non-hydrogen) atoms. The highest BCUT2D eigenvalue weighted by atomic mass is 16.5. The molecule has 4 nitrogen and oxygen atoms in total. The predicted molar refractivity (Wildman–Crippen MR) is 133 cm³/mol. The summed E-state index contributed by atoms with van der Waals surface area (Å²) in [6.07, 6.45) is 13.2. The lowest BCUT2D eigenvalue weighted by Crippen LogP contribution is -2.20. The lowest BCUT2D eigenvalue weighted by atomic mass is 9.75. The Morgan fingerprint density at radius 1 is 0.879 bits per heavy atom. The van der Waals surface area contributed by atoms with Gasteiger partial charge in [-0.1, -0.05) is 51.5 Å². The van der Waals surface area contributed by atoms with Gasteiger partial charge in [0, 0.05) is 0 Å². The van der Waals surface area contributed by atoms with Crippen LogP contribution in [0.25, 0.3) is 0 Å². The van der Waals surface area contributed by atoms with Gasteiger partial charge in [0.1, 0.15) is 17.2 Å². The molecule has 0 bridgehead atoms. The number of benzene rings is 2. The van der Waals surface area contributed by atoms with Crippen LogP contribution in [-0.4, -0.2) is 19.2 Å². The van der Waals surface area contributed by atoms with E-state index in [2.05, 4.69) is 13.5 Å². The molecule has 1 saturated carbocycles. The molecule has 1 aliphatic rings. The number of hydrogen-bond donors (Lipinski definition) is 0. The van der Waals surface area contributed by atoms with Crippen molar-refractivity contribution in [3.63, 3.8) is 0 Å². The smallest absolute Gasteiger partial charge is 0.343 e. The first-order valence-electron chi connectivity index (χ1n) is 12.5. The Bertz CT molecular complexity index is 839. The van der Waals surface area contributed by atoms with E-state index in [9.17, 15) is 4.79 Å². The van der Waals surface area contributed by atoms with Crippen molar-refractivity contribution in [2.75, 3.05) is 13.2 Å². The molecule has 2 atom stereocenters. The number of ether oxygens (including phenoxy) is 3. The Morgan fingerprint density at radius 3 is 2.09 bits per heavy atom. The first-order chi connectivity index (χ1) is 16.2. The van der Waals surface area contributed by atoms with E-state index in [1.54, 1.807) is 36.4 Å². The minimum Gasteiger partial charge on any atom is -0.494 e. The fourth-order valence-electron chi connectivity index (χ4n) is 4.67. The maximum atomic E-state index is 12.4. The van der Waals surface area contributed by atoms with Crippen LogP contribution in [0.4, 0.5) is 0 Å². The van der Waals surface area contributed by atoms with Crippen molar-refractivity contribution < 1.29 is 19.0 Å². The minimum atomic E-state index is -0.393. The van der Waals surface area contributed by atoms with Crippen molar-refractivity contribution in [3.8, 4) is 17.2 Å². The predicted octanol–water partition coefficient (Wildman–Crippen LogP) is 7.63. The molecule has 0 radical (unpaired) electrons. The van der Waals surface area contributed by atoms with Gasteiger partial charge in [-0.2, -0.15) is 0 Å². The van der Waals surface area contributed by atoms with Crippen molar-refractivity contribution in [2.24, 2.45) is 11.8 Å². The van der Waals surface area contributed by atoms with Crippen molar-refractivity contribution in [1.82, 2.24) is 0 Å². The lowest BCUT2D eigenvalue weighted by molar-refractivity contribution is 0.0734. The molecular formula is C29H38O4. The Morgan fingerprint density at radius 2 is 1.45 bits per heavy atom. The Labute approximate surface area is 198 Å². The molecule has 1 fully saturated rings. The Hall–Kier alpha value is -2.75. The number of hydrogen-bond acceptors (Lipinski definition) is 4. The topological polar surface area (TPSA) is 44.8 Å². The van der Waals surface area contributed by atoms with E-state index < -0.39 is 5.97 Å². The monoisotopic (exact) mass is 450 g/mol. The average Bonchev–Trinajstić information content (AvgIpc) is 2.84. The first kappa shape index (κ1) is 24.9. The van der Waals surface area contributed by atoms with E-state index >= 15 is 0 Å². The summed E-state index contributed by atoms with van der Waals surface area (Å²) in [5, 5.41) is 0. The summed E-state index contributed by atoms with van der Waals surface area (Å²) >= 11 is 0. The van der Waals surface area contributed by atoms with Gasteiger partial charge in [0.05, 0.1) is 18.8 Å². The normalized spacial score (nSPS) is 17.8. The molecule has 2 aromatic rings. The van der Waals surface area contributed by atoms with Gasteiger partial charge in [0.2, 0.25) is 0 Å². The maximum Gasteiger partial charge on any atom is 0.343 e. The van der Waals surface area contributed by atoms with E-state index in [4.69, 9.17) is 14.2 Å². The standard InChI is InChI=1S/C29H38O4/c1-3-5-21-31-26-15-13-25(14-16-26)29(30)33-28-19-17-27(18-20-28)32-22-8-12-24-11-7-6-10-23(24)9-4-2/h3,13-20,23-24H,1,4-12,21-22H2,2H3. The summed E-state index contributed by atoms with van der Waals surface area (Å²) in [4.78, 5) is 12.4. The molecule has 0 spiro atoms. The van der Waals surface area contributed by atoms with Crippen LogP contribution in [0.2, 0.25) is 0 Å². The van der Waals surface area contributed by atoms with E-state index in [-0.39, 0.29) is 0 Å². The van der Waals surface area contributed by atoms with Gasteiger partial charge in [-0.15, -0.1) is 6.58 Å². The number of rotatable bonds is 13. The second kappa shape index (κ2) is 13.7. The maximum absolute atomic E-state index is 12.4. The van der Waals surface area contributed by atoms with Crippen LogP contribution >= 0.6 is 0 Å². The third-order valence-electron chi connectivity index (χ3n) is 6.43. The molecule has 4 heteroatoms. The summed E-state index contributed by atoms with van der Waals surface area (Å²) in [6.45, 7) is 7.27. The second-order valence-electron chi connectivity index (χ2n) is 8.90. The van der Waals surface area contributed by atoms with E-state index in [1.807, 2.05) is 18.2 Å². The highest BCUT2D eigenvalue weighted by Crippen LogP contribution is 2.36. The summed E-state index contributed by atoms with van der Waals surface area (Å²) in [5.74, 6) is 3.43. The molecule has 0 aromatic heterocycles. The van der Waals surface area contributed by atoms with Crippen molar-refractivity contribution >= 4 is 5.97 Å². The Kier molecular flexibility index (Phi) is 10.3. The molecule has 0 aliphatic heterocycles. The van der Waals surface area contributed by atoms with Gasteiger partial charge in [-0.3, -0.25) is 0 Å². The average molecular weight is 451 g/mol. The van der Waals surface area contributed by atoms with Crippen LogP contribution in [0, 0.1) is 11.8 Å². The van der Waals surface area contributed by atoms with Crippen LogP contribution in [0.5, 0.6) is 17.2 Å². The van der Waals surface area contributed by atoms with Crippen LogP contribution in [0.15, 0.2) is 61.2 Å². The van der Waals surface area contributed by atoms with Crippen LogP contribution in [-0.2, 0) is 0 Å². The van der Waals surface area contributed by atoms with Gasteiger partial charge in [0.15, 0.2) is 0 Å². The summed E-state index contributed by atoms with van der Waals surface area (Å²) < 4.78 is 17.0. The molecule has 3 rings (SSSR count). The molecule has 0 heterocycles. The zero-order valence-corrected chi connectivity index (χ0v) is 20.0. The van der Waals surface area contributed by atoms with Crippen LogP contribution in [0.3, 0.4) is 0 Å². The van der Waals surface area contributed by atoms with Crippen molar-refractivity contribution in [1.29, 1.82) is 0 Å². The van der Waals surface area contributed by atoms with E-state index in [1.165, 1.54) is 44.9 Å². The summed E-state index contributed by atoms with van der Waals surface area (Å²) in [5.41, 5.74) is 0.482. The summed E-state index contributed by atoms with van der Waals surface area (Å²) in [6, 6.07) is 14.2. The third-order valence-corrected chi connectivity index (χ3v) is 6.43. The molecule has 2 aromatic carbocycles. The Balaban J connectivity index is 1.39. The van der Waals surface area contributed by atoms with Gasteiger partial charge in [-0.05, 0) is 79.6 Å². The molecule has 0 amide bonds. The van der Waals surface area contributed by atoms with E-state index in [0.29, 0.717) is 17.9 Å². The summed E-state index contributed by atoms with van der Waals surface area (Å²) in [7, 11) is 0. The van der Waals surface area contributed by atoms with Gasteiger partial charge in [0.25, 0.3) is 0 Å². The fourth-order valence-corrected chi connectivity index (χ4v) is 4.67. The second-order valence-corrected chi connectivity index (χ2v) is 8.90. The molecule has 0 saturated heterocycles. The van der Waals surface area contributed by atoms with Gasteiger partial charge in [-0.25, -0.2) is 4.79 Å². The molecule has 0 N–H and O–H groups in total. The zero-order valence-electron chi connectivity index (χ0n) is 20.0. The first-order valence-corrected chi connectivity index (χ1v) is 12.5. The van der Waals surface area contributed by atoms with Gasteiger partial charge < -0.3 is 14.2 Å². The van der Waals surface area contributed by atoms with Crippen molar-refractivity contribution in [3.05, 3.63) is 66.7 Å². The van der Waals surface area contributed by atoms with Crippen molar-refractivity contribution in [2.45, 2.75) is 64.7 Å². The SMILES string of the molecule is C=CCCOc1ccc(C(=O)Oc2ccc(OCCCC3CCCCC3CCC)cc2)cc1. The largest absolute Gasteiger partial charge is 0.494 e. The van der Waals surface area contributed by atoms with E-state index in [0.717, 1.165) is 42.8 Å². The molecule has 178 valence electrons. The molecule has 1 aliphatic carbocycles. The fraction of sp³-hybridized carbons (Fsp3) is 0.483.